The van der Waals surface area contributed by atoms with E-state index in [4.69, 9.17) is 17.3 Å². The number of halogens is 1. The van der Waals surface area contributed by atoms with E-state index in [0.717, 1.165) is 5.56 Å². The molecule has 21 heavy (non-hydrogen) atoms. The van der Waals surface area contributed by atoms with E-state index < -0.39 is 6.03 Å². The number of carbonyl (C=O) groups excluding carboxylic acids is 2. The Kier molecular flexibility index (Phi) is 4.79. The van der Waals surface area contributed by atoms with Gasteiger partial charge in [-0.05, 0) is 42.0 Å². The third kappa shape index (κ3) is 4.50. The molecule has 0 saturated carbocycles. The van der Waals surface area contributed by atoms with Crippen LogP contribution in [0, 0.1) is 0 Å². The maximum absolute atomic E-state index is 12.0. The van der Waals surface area contributed by atoms with Crippen LogP contribution in [-0.2, 0) is 6.54 Å². The largest absolute Gasteiger partial charge is 0.351 e. The van der Waals surface area contributed by atoms with Crippen molar-refractivity contribution < 1.29 is 9.59 Å². The number of hydrogen-bond donors (Lipinski definition) is 3. The molecule has 0 bridgehead atoms. The number of benzene rings is 2. The minimum atomic E-state index is -0.644. The van der Waals surface area contributed by atoms with Crippen LogP contribution >= 0.6 is 11.6 Å². The first-order valence-corrected chi connectivity index (χ1v) is 6.61. The van der Waals surface area contributed by atoms with Crippen LogP contribution in [0.25, 0.3) is 0 Å². The molecule has 6 heteroatoms. The Labute approximate surface area is 127 Å². The molecular weight excluding hydrogens is 290 g/mol. The molecule has 0 spiro atoms. The number of rotatable bonds is 4. The van der Waals surface area contributed by atoms with Crippen LogP contribution in [0.4, 0.5) is 10.5 Å². The summed E-state index contributed by atoms with van der Waals surface area (Å²) in [7, 11) is 0. The Balaban J connectivity index is 1.93. The first-order valence-electron chi connectivity index (χ1n) is 6.24. The number of urea groups is 1. The lowest BCUT2D eigenvalue weighted by Crippen LogP contribution is -2.23. The van der Waals surface area contributed by atoms with Gasteiger partial charge in [-0.2, -0.15) is 0 Å². The van der Waals surface area contributed by atoms with Gasteiger partial charge in [0.05, 0.1) is 0 Å². The van der Waals surface area contributed by atoms with Crippen molar-refractivity contribution in [3.63, 3.8) is 0 Å². The highest BCUT2D eigenvalue weighted by Crippen LogP contribution is 2.11. The Hall–Kier alpha value is -2.53. The van der Waals surface area contributed by atoms with E-state index in [-0.39, 0.29) is 5.91 Å². The number of amides is 3. The van der Waals surface area contributed by atoms with E-state index in [0.29, 0.717) is 22.8 Å². The highest BCUT2D eigenvalue weighted by atomic mass is 35.5. The van der Waals surface area contributed by atoms with E-state index in [1.807, 2.05) is 12.1 Å². The number of carbonyl (C=O) groups is 2. The summed E-state index contributed by atoms with van der Waals surface area (Å²) >= 11 is 5.79. The zero-order valence-corrected chi connectivity index (χ0v) is 11.9. The summed E-state index contributed by atoms with van der Waals surface area (Å²) in [5, 5.41) is 5.88. The summed E-state index contributed by atoms with van der Waals surface area (Å²) in [5.41, 5.74) is 7.00. The minimum Gasteiger partial charge on any atom is -0.351 e. The standard InChI is InChI=1S/C15H14ClN3O2/c16-12-5-1-10(2-6-12)9-18-14(20)11-3-7-13(8-4-11)19-15(17)21/h1-8H,9H2,(H,18,20)(H3,17,19,21). The molecule has 0 aliphatic heterocycles. The van der Waals surface area contributed by atoms with Crippen molar-refractivity contribution in [1.82, 2.24) is 5.32 Å². The lowest BCUT2D eigenvalue weighted by atomic mass is 10.2. The molecular formula is C15H14ClN3O2. The molecule has 108 valence electrons. The summed E-state index contributed by atoms with van der Waals surface area (Å²) in [6.45, 7) is 0.414. The molecule has 0 atom stereocenters. The number of nitrogens with one attached hydrogen (secondary N) is 2. The van der Waals surface area contributed by atoms with Crippen molar-refractivity contribution in [2.45, 2.75) is 6.54 Å². The highest BCUT2D eigenvalue weighted by molar-refractivity contribution is 6.30. The molecule has 5 nitrogen and oxygen atoms in total. The van der Waals surface area contributed by atoms with Crippen molar-refractivity contribution in [3.05, 3.63) is 64.7 Å². The van der Waals surface area contributed by atoms with E-state index >= 15 is 0 Å². The normalized spacial score (nSPS) is 9.95. The van der Waals surface area contributed by atoms with Crippen LogP contribution in [0.5, 0.6) is 0 Å². The van der Waals surface area contributed by atoms with E-state index in [9.17, 15) is 9.59 Å². The van der Waals surface area contributed by atoms with Gasteiger partial charge in [0.25, 0.3) is 5.91 Å². The lowest BCUT2D eigenvalue weighted by molar-refractivity contribution is 0.0951. The topological polar surface area (TPSA) is 84.2 Å². The molecule has 0 radical (unpaired) electrons. The summed E-state index contributed by atoms with van der Waals surface area (Å²) in [6.07, 6.45) is 0. The summed E-state index contributed by atoms with van der Waals surface area (Å²) in [5.74, 6) is -0.199. The smallest absolute Gasteiger partial charge is 0.316 e. The molecule has 0 aliphatic carbocycles. The average Bonchev–Trinajstić information content (AvgIpc) is 2.46. The summed E-state index contributed by atoms with van der Waals surface area (Å²) < 4.78 is 0. The van der Waals surface area contributed by atoms with Crippen LogP contribution in [0.1, 0.15) is 15.9 Å². The monoisotopic (exact) mass is 303 g/mol. The first kappa shape index (κ1) is 14.9. The lowest BCUT2D eigenvalue weighted by Gasteiger charge is -2.07. The van der Waals surface area contributed by atoms with Crippen LogP contribution in [-0.4, -0.2) is 11.9 Å². The molecule has 2 aromatic rings. The molecule has 0 saturated heterocycles. The van der Waals surface area contributed by atoms with Crippen molar-refractivity contribution in [3.8, 4) is 0 Å². The summed E-state index contributed by atoms with van der Waals surface area (Å²) in [6, 6.07) is 13.1. The third-order valence-electron chi connectivity index (χ3n) is 2.78. The van der Waals surface area contributed by atoms with Gasteiger partial charge >= 0.3 is 6.03 Å². The third-order valence-corrected chi connectivity index (χ3v) is 3.03. The fourth-order valence-electron chi connectivity index (χ4n) is 1.73. The minimum absolute atomic E-state index is 0.199. The van der Waals surface area contributed by atoms with E-state index in [1.54, 1.807) is 36.4 Å². The molecule has 0 aromatic heterocycles. The van der Waals surface area contributed by atoms with Gasteiger partial charge in [0.1, 0.15) is 0 Å². The van der Waals surface area contributed by atoms with Crippen LogP contribution in [0.3, 0.4) is 0 Å². The zero-order valence-electron chi connectivity index (χ0n) is 11.1. The van der Waals surface area contributed by atoms with Gasteiger partial charge in [0, 0.05) is 22.8 Å². The van der Waals surface area contributed by atoms with Gasteiger partial charge in [-0.15, -0.1) is 0 Å². The van der Waals surface area contributed by atoms with Crippen LogP contribution in [0.2, 0.25) is 5.02 Å². The highest BCUT2D eigenvalue weighted by Gasteiger charge is 2.05. The fraction of sp³-hybridized carbons (Fsp3) is 0.0667. The molecule has 2 aromatic carbocycles. The second kappa shape index (κ2) is 6.76. The molecule has 0 heterocycles. The van der Waals surface area contributed by atoms with Crippen LogP contribution < -0.4 is 16.4 Å². The first-order chi connectivity index (χ1) is 10.0. The maximum Gasteiger partial charge on any atom is 0.316 e. The molecule has 2 rings (SSSR count). The zero-order chi connectivity index (χ0) is 15.2. The van der Waals surface area contributed by atoms with E-state index in [2.05, 4.69) is 10.6 Å². The molecule has 3 amide bonds. The summed E-state index contributed by atoms with van der Waals surface area (Å²) in [4.78, 5) is 22.7. The van der Waals surface area contributed by atoms with Crippen molar-refractivity contribution in [1.29, 1.82) is 0 Å². The second-order valence-corrected chi connectivity index (χ2v) is 4.81. The van der Waals surface area contributed by atoms with Gasteiger partial charge in [0.15, 0.2) is 0 Å². The van der Waals surface area contributed by atoms with Gasteiger partial charge in [0.2, 0.25) is 0 Å². The second-order valence-electron chi connectivity index (χ2n) is 4.38. The number of nitrogens with two attached hydrogens (primary N) is 1. The fourth-order valence-corrected chi connectivity index (χ4v) is 1.86. The van der Waals surface area contributed by atoms with Crippen LogP contribution in [0.15, 0.2) is 48.5 Å². The predicted octanol–water partition coefficient (Wildman–Crippen LogP) is 2.76. The number of hydrogen-bond acceptors (Lipinski definition) is 2. The predicted molar refractivity (Wildman–Crippen MR) is 82.3 cm³/mol. The van der Waals surface area contributed by atoms with Gasteiger partial charge in [-0.25, -0.2) is 4.79 Å². The molecule has 0 fully saturated rings. The van der Waals surface area contributed by atoms with Gasteiger partial charge < -0.3 is 16.4 Å². The molecule has 0 unspecified atom stereocenters. The Morgan fingerprint density at radius 2 is 1.62 bits per heavy atom. The number of anilines is 1. The Bertz CT molecular complexity index is 639. The van der Waals surface area contributed by atoms with Gasteiger partial charge in [-0.3, -0.25) is 4.79 Å². The van der Waals surface area contributed by atoms with Crippen molar-refractivity contribution in [2.24, 2.45) is 5.73 Å². The number of primary amides is 1. The maximum atomic E-state index is 12.0. The van der Waals surface area contributed by atoms with Gasteiger partial charge in [-0.1, -0.05) is 23.7 Å². The van der Waals surface area contributed by atoms with Crippen molar-refractivity contribution >= 4 is 29.2 Å². The Morgan fingerprint density at radius 3 is 2.19 bits per heavy atom. The quantitative estimate of drug-likeness (QED) is 0.811. The van der Waals surface area contributed by atoms with Crippen molar-refractivity contribution in [2.75, 3.05) is 5.32 Å². The SMILES string of the molecule is NC(=O)Nc1ccc(C(=O)NCc2ccc(Cl)cc2)cc1. The molecule has 0 aliphatic rings. The molecule has 4 N–H and O–H groups in total. The Morgan fingerprint density at radius 1 is 1.00 bits per heavy atom. The van der Waals surface area contributed by atoms with E-state index in [1.165, 1.54) is 0 Å². The average molecular weight is 304 g/mol.